The van der Waals surface area contributed by atoms with E-state index >= 15 is 0 Å². The fourth-order valence-electron chi connectivity index (χ4n) is 4.41. The van der Waals surface area contributed by atoms with Crippen LogP contribution in [0.15, 0.2) is 45.3 Å². The van der Waals surface area contributed by atoms with Crippen molar-refractivity contribution < 1.29 is 13.7 Å². The van der Waals surface area contributed by atoms with Crippen LogP contribution in [-0.2, 0) is 6.54 Å². The van der Waals surface area contributed by atoms with Crippen molar-refractivity contribution in [2.24, 2.45) is 0 Å². The van der Waals surface area contributed by atoms with E-state index in [0.29, 0.717) is 41.1 Å². The summed E-state index contributed by atoms with van der Waals surface area (Å²) in [4.78, 5) is 22.5. The fourth-order valence-corrected chi connectivity index (χ4v) is 4.54. The summed E-state index contributed by atoms with van der Waals surface area (Å²) < 4.78 is 11.1. The van der Waals surface area contributed by atoms with Crippen molar-refractivity contribution in [1.29, 1.82) is 0 Å². The molecule has 4 aromatic rings. The number of hydrogen-bond donors (Lipinski definition) is 0. The molecule has 1 aliphatic heterocycles. The molecule has 1 fully saturated rings. The van der Waals surface area contributed by atoms with Gasteiger partial charge in [-0.2, -0.15) is 0 Å². The highest BCUT2D eigenvalue weighted by atomic mass is 35.5. The zero-order valence-corrected chi connectivity index (χ0v) is 19.6. The summed E-state index contributed by atoms with van der Waals surface area (Å²) in [5.41, 5.74) is 4.31. The summed E-state index contributed by atoms with van der Waals surface area (Å²) in [5, 5.41) is 5.47. The van der Waals surface area contributed by atoms with Crippen LogP contribution in [-0.4, -0.2) is 52.0 Å². The maximum atomic E-state index is 13.6. The van der Waals surface area contributed by atoms with Crippen molar-refractivity contribution in [1.82, 2.24) is 19.9 Å². The molecule has 0 saturated carbocycles. The third-order valence-electron chi connectivity index (χ3n) is 6.14. The van der Waals surface area contributed by atoms with Crippen molar-refractivity contribution in [2.75, 3.05) is 26.2 Å². The Morgan fingerprint density at radius 1 is 1.06 bits per heavy atom. The first-order valence-corrected chi connectivity index (χ1v) is 11.4. The molecule has 0 radical (unpaired) electrons. The molecular formula is C25H25ClN4O3. The second-order valence-corrected chi connectivity index (χ2v) is 8.96. The summed E-state index contributed by atoms with van der Waals surface area (Å²) in [5.74, 6) is 1.52. The molecular weight excluding hydrogens is 440 g/mol. The van der Waals surface area contributed by atoms with Gasteiger partial charge in [-0.25, -0.2) is 4.98 Å². The number of amides is 1. The van der Waals surface area contributed by atoms with Crippen molar-refractivity contribution in [3.63, 3.8) is 0 Å². The minimum Gasteiger partial charge on any atom is -0.466 e. The lowest BCUT2D eigenvalue weighted by Gasteiger charge is -2.35. The standard InChI is InChI=1S/C25H25ClN4O3/c1-15-12-20(17(3)32-15)22-13-21(23-16(2)28-33-24(23)27-22)25(31)30-10-8-29(9-11-30)14-18-4-6-19(26)7-5-18/h4-7,12-13H,8-11,14H2,1-3H3. The lowest BCUT2D eigenvalue weighted by molar-refractivity contribution is 0.0630. The minimum atomic E-state index is -0.0287. The van der Waals surface area contributed by atoms with Gasteiger partial charge < -0.3 is 13.8 Å². The molecule has 0 atom stereocenters. The van der Waals surface area contributed by atoms with Gasteiger partial charge in [0.25, 0.3) is 11.6 Å². The molecule has 1 aromatic carbocycles. The quantitative estimate of drug-likeness (QED) is 0.422. The molecule has 3 aromatic heterocycles. The molecule has 0 aliphatic carbocycles. The highest BCUT2D eigenvalue weighted by molar-refractivity contribution is 6.30. The molecule has 1 aliphatic rings. The van der Waals surface area contributed by atoms with Crippen molar-refractivity contribution in [2.45, 2.75) is 27.3 Å². The van der Waals surface area contributed by atoms with Crippen LogP contribution in [0.1, 0.15) is 33.1 Å². The number of rotatable bonds is 4. The first kappa shape index (κ1) is 21.7. The van der Waals surface area contributed by atoms with Crippen molar-refractivity contribution in [3.8, 4) is 11.3 Å². The maximum absolute atomic E-state index is 13.6. The summed E-state index contributed by atoms with van der Waals surface area (Å²) in [6, 6.07) is 11.7. The van der Waals surface area contributed by atoms with Crippen LogP contribution < -0.4 is 0 Å². The first-order valence-electron chi connectivity index (χ1n) is 11.0. The first-order chi connectivity index (χ1) is 15.9. The van der Waals surface area contributed by atoms with Gasteiger partial charge in [-0.05, 0) is 50.6 Å². The maximum Gasteiger partial charge on any atom is 0.259 e. The number of benzene rings is 1. The third-order valence-corrected chi connectivity index (χ3v) is 6.40. The number of aromatic nitrogens is 2. The molecule has 0 bridgehead atoms. The highest BCUT2D eigenvalue weighted by Crippen LogP contribution is 2.31. The number of pyridine rings is 1. The average molecular weight is 465 g/mol. The van der Waals surface area contributed by atoms with Crippen LogP contribution in [0, 0.1) is 20.8 Å². The average Bonchev–Trinajstić information content (AvgIpc) is 3.36. The van der Waals surface area contributed by atoms with Gasteiger partial charge >= 0.3 is 0 Å². The van der Waals surface area contributed by atoms with Crippen LogP contribution in [0.5, 0.6) is 0 Å². The molecule has 0 N–H and O–H groups in total. The second kappa shape index (κ2) is 8.65. The summed E-state index contributed by atoms with van der Waals surface area (Å²) >= 11 is 5.99. The Hall–Kier alpha value is -3.16. The summed E-state index contributed by atoms with van der Waals surface area (Å²) in [6.45, 7) is 9.37. The molecule has 5 rings (SSSR count). The molecule has 4 heterocycles. The van der Waals surface area contributed by atoms with Crippen LogP contribution in [0.25, 0.3) is 22.4 Å². The predicted octanol–water partition coefficient (Wildman–Crippen LogP) is 5.02. The number of aryl methyl sites for hydroxylation is 3. The monoisotopic (exact) mass is 464 g/mol. The Labute approximate surface area is 196 Å². The van der Waals surface area contributed by atoms with Gasteiger partial charge in [-0.15, -0.1) is 0 Å². The molecule has 33 heavy (non-hydrogen) atoms. The number of carbonyl (C=O) groups excluding carboxylic acids is 1. The van der Waals surface area contributed by atoms with Gasteiger partial charge in [0.2, 0.25) is 0 Å². The number of nitrogens with zero attached hydrogens (tertiary/aromatic N) is 4. The Kier molecular flexibility index (Phi) is 5.68. The van der Waals surface area contributed by atoms with Gasteiger partial charge in [0.05, 0.1) is 22.3 Å². The number of carbonyl (C=O) groups is 1. The van der Waals surface area contributed by atoms with Crippen molar-refractivity contribution >= 4 is 28.6 Å². The number of piperazine rings is 1. The predicted molar refractivity (Wildman–Crippen MR) is 126 cm³/mol. The Morgan fingerprint density at radius 2 is 1.79 bits per heavy atom. The van der Waals surface area contributed by atoms with Crippen molar-refractivity contribution in [3.05, 3.63) is 69.8 Å². The second-order valence-electron chi connectivity index (χ2n) is 8.52. The van der Waals surface area contributed by atoms with E-state index in [0.717, 1.165) is 41.7 Å². The van der Waals surface area contributed by atoms with Gasteiger partial charge in [0, 0.05) is 43.3 Å². The van der Waals surface area contributed by atoms with Gasteiger partial charge in [-0.1, -0.05) is 28.9 Å². The smallest absolute Gasteiger partial charge is 0.259 e. The zero-order chi connectivity index (χ0) is 23.1. The normalized spacial score (nSPS) is 14.8. The number of hydrogen-bond acceptors (Lipinski definition) is 6. The largest absolute Gasteiger partial charge is 0.466 e. The van der Waals surface area contributed by atoms with E-state index in [4.69, 9.17) is 20.5 Å². The number of halogens is 1. The van der Waals surface area contributed by atoms with E-state index in [1.165, 1.54) is 5.56 Å². The van der Waals surface area contributed by atoms with E-state index in [2.05, 4.69) is 15.0 Å². The molecule has 0 unspecified atom stereocenters. The van der Waals surface area contributed by atoms with E-state index in [1.807, 2.05) is 62.1 Å². The lowest BCUT2D eigenvalue weighted by Crippen LogP contribution is -2.48. The summed E-state index contributed by atoms with van der Waals surface area (Å²) in [6.07, 6.45) is 0. The molecule has 0 spiro atoms. The van der Waals surface area contributed by atoms with Crippen LogP contribution in [0.2, 0.25) is 5.02 Å². The van der Waals surface area contributed by atoms with Crippen LogP contribution >= 0.6 is 11.6 Å². The molecule has 1 amide bonds. The SMILES string of the molecule is Cc1cc(-c2cc(C(=O)N3CCN(Cc4ccc(Cl)cc4)CC3)c3c(C)noc3n2)c(C)o1. The van der Waals surface area contributed by atoms with E-state index in [-0.39, 0.29) is 5.91 Å². The molecule has 1 saturated heterocycles. The highest BCUT2D eigenvalue weighted by Gasteiger charge is 2.27. The fraction of sp³-hybridized carbons (Fsp3) is 0.320. The topological polar surface area (TPSA) is 75.6 Å². The van der Waals surface area contributed by atoms with Gasteiger partial charge in [-0.3, -0.25) is 9.69 Å². The lowest BCUT2D eigenvalue weighted by atomic mass is 10.0. The minimum absolute atomic E-state index is 0.0287. The van der Waals surface area contributed by atoms with Gasteiger partial charge in [0.15, 0.2) is 0 Å². The van der Waals surface area contributed by atoms with E-state index in [1.54, 1.807) is 0 Å². The van der Waals surface area contributed by atoms with Crippen LogP contribution in [0.3, 0.4) is 0 Å². The van der Waals surface area contributed by atoms with E-state index in [9.17, 15) is 4.79 Å². The Morgan fingerprint density at radius 3 is 2.45 bits per heavy atom. The molecule has 7 nitrogen and oxygen atoms in total. The zero-order valence-electron chi connectivity index (χ0n) is 18.9. The van der Waals surface area contributed by atoms with E-state index < -0.39 is 0 Å². The third kappa shape index (κ3) is 4.26. The Balaban J connectivity index is 1.38. The molecule has 170 valence electrons. The van der Waals surface area contributed by atoms with Crippen LogP contribution in [0.4, 0.5) is 0 Å². The number of fused-ring (bicyclic) bond motifs is 1. The molecule has 8 heteroatoms. The summed E-state index contributed by atoms with van der Waals surface area (Å²) in [7, 11) is 0. The number of furan rings is 1. The van der Waals surface area contributed by atoms with Gasteiger partial charge in [0.1, 0.15) is 11.5 Å². The Bertz CT molecular complexity index is 1320.